The quantitative estimate of drug-likeness (QED) is 0.831. The second-order valence-electron chi connectivity index (χ2n) is 5.95. The molecule has 0 bridgehead atoms. The topological polar surface area (TPSA) is 62.3 Å². The van der Waals surface area contributed by atoms with E-state index in [1.807, 2.05) is 18.2 Å². The summed E-state index contributed by atoms with van der Waals surface area (Å²) >= 11 is 3.28. The van der Waals surface area contributed by atoms with Gasteiger partial charge in [0.1, 0.15) is 5.82 Å². The van der Waals surface area contributed by atoms with Gasteiger partial charge in [0.2, 0.25) is 11.8 Å². The third-order valence-electron chi connectivity index (χ3n) is 4.13. The summed E-state index contributed by atoms with van der Waals surface area (Å²) in [6, 6.07) is 10.1. The highest BCUT2D eigenvalue weighted by molar-refractivity contribution is 9.10. The van der Waals surface area contributed by atoms with Gasteiger partial charge in [-0.1, -0.05) is 22.0 Å². The summed E-state index contributed by atoms with van der Waals surface area (Å²) in [6.07, 6.45) is 1.84. The van der Waals surface area contributed by atoms with Crippen LogP contribution in [-0.4, -0.2) is 28.2 Å². The van der Waals surface area contributed by atoms with Gasteiger partial charge >= 0.3 is 0 Å². The van der Waals surface area contributed by atoms with Gasteiger partial charge < -0.3 is 10.2 Å². The fraction of sp³-hybridized carbons (Fsp3) is 0.278. The number of carbonyl (C=O) groups excluding carboxylic acids is 2. The van der Waals surface area contributed by atoms with Crippen molar-refractivity contribution in [2.45, 2.75) is 19.5 Å². The molecule has 2 heterocycles. The molecule has 0 aliphatic carbocycles. The van der Waals surface area contributed by atoms with E-state index in [0.717, 1.165) is 10.2 Å². The Morgan fingerprint density at radius 2 is 2.20 bits per heavy atom. The van der Waals surface area contributed by atoms with Crippen LogP contribution >= 0.6 is 15.9 Å². The van der Waals surface area contributed by atoms with Crippen LogP contribution < -0.4 is 5.32 Å². The van der Waals surface area contributed by atoms with Crippen LogP contribution in [0.3, 0.4) is 0 Å². The molecule has 1 N–H and O–H groups in total. The predicted molar refractivity (Wildman–Crippen MR) is 93.7 cm³/mol. The van der Waals surface area contributed by atoms with Gasteiger partial charge in [0.25, 0.3) is 0 Å². The highest BCUT2D eigenvalue weighted by Gasteiger charge is 2.34. The summed E-state index contributed by atoms with van der Waals surface area (Å²) < 4.78 is 14.5. The minimum absolute atomic E-state index is 0.0700. The maximum absolute atomic E-state index is 13.7. The Morgan fingerprint density at radius 1 is 1.36 bits per heavy atom. The molecule has 7 heteroatoms. The smallest absolute Gasteiger partial charge is 0.225 e. The first kappa shape index (κ1) is 17.5. The Hall–Kier alpha value is -2.28. The van der Waals surface area contributed by atoms with Crippen LogP contribution in [0.1, 0.15) is 17.7 Å². The van der Waals surface area contributed by atoms with Crippen molar-refractivity contribution in [3.8, 4) is 0 Å². The van der Waals surface area contributed by atoms with Crippen LogP contribution in [0.4, 0.5) is 4.39 Å². The van der Waals surface area contributed by atoms with E-state index in [0.29, 0.717) is 18.7 Å². The Labute approximate surface area is 153 Å². The lowest BCUT2D eigenvalue weighted by Gasteiger charge is -2.16. The van der Waals surface area contributed by atoms with E-state index in [2.05, 4.69) is 26.2 Å². The molecule has 2 aromatic rings. The first-order valence-electron chi connectivity index (χ1n) is 7.92. The third kappa shape index (κ3) is 4.42. The molecule has 0 spiro atoms. The van der Waals surface area contributed by atoms with E-state index in [-0.39, 0.29) is 30.6 Å². The van der Waals surface area contributed by atoms with Crippen LogP contribution in [0.25, 0.3) is 0 Å². The van der Waals surface area contributed by atoms with Crippen molar-refractivity contribution in [1.29, 1.82) is 0 Å². The molecule has 1 aliphatic heterocycles. The number of nitrogens with one attached hydrogen (secondary N) is 1. The van der Waals surface area contributed by atoms with Crippen LogP contribution in [0, 0.1) is 11.7 Å². The number of halogens is 2. The number of aromatic nitrogens is 1. The van der Waals surface area contributed by atoms with Gasteiger partial charge in [0.05, 0.1) is 18.2 Å². The third-order valence-corrected chi connectivity index (χ3v) is 4.62. The normalized spacial score (nSPS) is 17.0. The predicted octanol–water partition coefficient (Wildman–Crippen LogP) is 2.65. The number of hydrogen-bond donors (Lipinski definition) is 1. The average molecular weight is 406 g/mol. The molecule has 2 amide bonds. The number of nitrogens with zero attached hydrogens (tertiary/aromatic N) is 2. The van der Waals surface area contributed by atoms with Crippen molar-refractivity contribution in [3.05, 3.63) is 64.1 Å². The first-order valence-corrected chi connectivity index (χ1v) is 8.71. The highest BCUT2D eigenvalue weighted by Crippen LogP contribution is 2.20. The lowest BCUT2D eigenvalue weighted by molar-refractivity contribution is -0.129. The molecule has 3 rings (SSSR count). The van der Waals surface area contributed by atoms with Crippen LogP contribution in [-0.2, 0) is 22.7 Å². The fourth-order valence-corrected chi connectivity index (χ4v) is 3.20. The average Bonchev–Trinajstić information content (AvgIpc) is 2.97. The minimum atomic E-state index is -0.425. The van der Waals surface area contributed by atoms with Crippen LogP contribution in [0.5, 0.6) is 0 Å². The monoisotopic (exact) mass is 405 g/mol. The molecule has 0 saturated carbocycles. The number of hydrogen-bond acceptors (Lipinski definition) is 3. The van der Waals surface area contributed by atoms with Crippen molar-refractivity contribution < 1.29 is 14.0 Å². The zero-order valence-electron chi connectivity index (χ0n) is 13.4. The lowest BCUT2D eigenvalue weighted by atomic mass is 10.1. The number of carbonyl (C=O) groups is 2. The van der Waals surface area contributed by atoms with Crippen LogP contribution in [0.2, 0.25) is 0 Å². The fourth-order valence-electron chi connectivity index (χ4n) is 2.79. The number of amides is 2. The molecule has 5 nitrogen and oxygen atoms in total. The van der Waals surface area contributed by atoms with Gasteiger partial charge in [-0.3, -0.25) is 14.6 Å². The molecule has 0 radical (unpaired) electrons. The molecule has 1 aromatic carbocycles. The maximum Gasteiger partial charge on any atom is 0.225 e. The summed E-state index contributed by atoms with van der Waals surface area (Å²) in [5.74, 6) is -1.11. The standard InChI is InChI=1S/C18H17BrFN3O2/c19-14-4-5-16(20)12(7-14)9-22-18(25)13-8-17(24)23(10-13)11-15-3-1-2-6-21-15/h1-7,13H,8-11H2,(H,22,25)/t13-/m1/s1. The largest absolute Gasteiger partial charge is 0.352 e. The highest BCUT2D eigenvalue weighted by atomic mass is 79.9. The molecule has 1 saturated heterocycles. The number of pyridine rings is 1. The molecule has 25 heavy (non-hydrogen) atoms. The van der Waals surface area contributed by atoms with Gasteiger partial charge in [0, 0.05) is 35.7 Å². The molecular formula is C18H17BrFN3O2. The first-order chi connectivity index (χ1) is 12.0. The summed E-state index contributed by atoms with van der Waals surface area (Å²) in [4.78, 5) is 30.3. The molecular weight excluding hydrogens is 389 g/mol. The Kier molecular flexibility index (Phi) is 5.43. The van der Waals surface area contributed by atoms with Gasteiger partial charge in [-0.2, -0.15) is 0 Å². The number of rotatable bonds is 5. The van der Waals surface area contributed by atoms with E-state index < -0.39 is 5.92 Å². The minimum Gasteiger partial charge on any atom is -0.352 e. The van der Waals surface area contributed by atoms with Gasteiger partial charge in [0.15, 0.2) is 0 Å². The second kappa shape index (κ2) is 7.74. The lowest BCUT2D eigenvalue weighted by Crippen LogP contribution is -2.32. The summed E-state index contributed by atoms with van der Waals surface area (Å²) in [7, 11) is 0. The summed E-state index contributed by atoms with van der Waals surface area (Å²) in [6.45, 7) is 0.834. The number of likely N-dealkylation sites (tertiary alicyclic amines) is 1. The molecule has 1 aromatic heterocycles. The van der Waals surface area contributed by atoms with E-state index in [4.69, 9.17) is 0 Å². The van der Waals surface area contributed by atoms with E-state index >= 15 is 0 Å². The van der Waals surface area contributed by atoms with Crippen molar-refractivity contribution in [3.63, 3.8) is 0 Å². The molecule has 1 atom stereocenters. The SMILES string of the molecule is O=C(NCc1cc(Br)ccc1F)[C@@H]1CC(=O)N(Cc2ccccn2)C1. The van der Waals surface area contributed by atoms with E-state index in [1.165, 1.54) is 6.07 Å². The Morgan fingerprint density at radius 3 is 2.96 bits per heavy atom. The van der Waals surface area contributed by atoms with Crippen molar-refractivity contribution in [1.82, 2.24) is 15.2 Å². The van der Waals surface area contributed by atoms with Crippen molar-refractivity contribution in [2.75, 3.05) is 6.54 Å². The summed E-state index contributed by atoms with van der Waals surface area (Å²) in [5.41, 5.74) is 1.19. The zero-order chi connectivity index (χ0) is 17.8. The molecule has 1 fully saturated rings. The van der Waals surface area contributed by atoms with Crippen LogP contribution in [0.15, 0.2) is 47.1 Å². The Balaban J connectivity index is 1.56. The van der Waals surface area contributed by atoms with E-state index in [1.54, 1.807) is 23.2 Å². The van der Waals surface area contributed by atoms with Gasteiger partial charge in [-0.15, -0.1) is 0 Å². The van der Waals surface area contributed by atoms with Crippen molar-refractivity contribution in [2.24, 2.45) is 5.92 Å². The number of benzene rings is 1. The molecule has 130 valence electrons. The maximum atomic E-state index is 13.7. The Bertz CT molecular complexity index is 785. The van der Waals surface area contributed by atoms with E-state index in [9.17, 15) is 14.0 Å². The zero-order valence-corrected chi connectivity index (χ0v) is 15.0. The molecule has 1 aliphatic rings. The summed E-state index contributed by atoms with van der Waals surface area (Å²) in [5, 5.41) is 2.72. The van der Waals surface area contributed by atoms with Gasteiger partial charge in [-0.25, -0.2) is 4.39 Å². The second-order valence-corrected chi connectivity index (χ2v) is 6.87. The van der Waals surface area contributed by atoms with Crippen molar-refractivity contribution >= 4 is 27.7 Å². The molecule has 0 unspecified atom stereocenters. The van der Waals surface area contributed by atoms with Gasteiger partial charge in [-0.05, 0) is 30.3 Å².